The third-order valence-electron chi connectivity index (χ3n) is 5.41. The maximum atomic E-state index is 14.5. The monoisotopic (exact) mass is 474 g/mol. The standard InChI is InChI=1S/C22H20ClFN4O3S/c1-12-13(10-32(29,30)19-7-16(23)18(31-3)8-17(19)24)5-4-6-14(12)15-9-28(2)22-20(15)21(25)26-11-27-22/h4-9,11H,10H2,1-3H3,(H2,25,26,27). The van der Waals surface area contributed by atoms with Crippen molar-refractivity contribution in [3.8, 4) is 16.9 Å². The summed E-state index contributed by atoms with van der Waals surface area (Å²) in [5, 5.41) is 0.704. The molecule has 4 rings (SSSR count). The van der Waals surface area contributed by atoms with Crippen LogP contribution in [0.3, 0.4) is 0 Å². The highest BCUT2D eigenvalue weighted by atomic mass is 35.5. The van der Waals surface area contributed by atoms with E-state index in [9.17, 15) is 12.8 Å². The molecule has 0 amide bonds. The van der Waals surface area contributed by atoms with Gasteiger partial charge in [-0.2, -0.15) is 0 Å². The summed E-state index contributed by atoms with van der Waals surface area (Å²) in [5.74, 6) is -0.919. The number of ether oxygens (including phenoxy) is 1. The Labute approximate surface area is 189 Å². The molecule has 0 aliphatic rings. The molecule has 10 heteroatoms. The zero-order valence-electron chi connectivity index (χ0n) is 17.6. The minimum atomic E-state index is -4.03. The molecule has 2 N–H and O–H groups in total. The van der Waals surface area contributed by atoms with Crippen molar-refractivity contribution in [3.05, 3.63) is 64.8 Å². The van der Waals surface area contributed by atoms with Gasteiger partial charge >= 0.3 is 0 Å². The van der Waals surface area contributed by atoms with Crippen LogP contribution in [0, 0.1) is 12.7 Å². The first-order valence-corrected chi connectivity index (χ1v) is 11.6. The highest BCUT2D eigenvalue weighted by Crippen LogP contribution is 2.36. The van der Waals surface area contributed by atoms with Gasteiger partial charge in [-0.05, 0) is 29.7 Å². The van der Waals surface area contributed by atoms with Crippen LogP contribution >= 0.6 is 11.6 Å². The van der Waals surface area contributed by atoms with E-state index < -0.39 is 26.3 Å². The number of fused-ring (bicyclic) bond motifs is 1. The number of nitrogen functional groups attached to an aromatic ring is 1. The summed E-state index contributed by atoms with van der Waals surface area (Å²) >= 11 is 6.04. The van der Waals surface area contributed by atoms with Crippen molar-refractivity contribution in [2.45, 2.75) is 17.6 Å². The predicted octanol–water partition coefficient (Wildman–Crippen LogP) is 4.30. The van der Waals surface area contributed by atoms with Crippen LogP contribution in [0.4, 0.5) is 10.2 Å². The van der Waals surface area contributed by atoms with Crippen molar-refractivity contribution in [2.24, 2.45) is 7.05 Å². The van der Waals surface area contributed by atoms with Gasteiger partial charge in [-0.25, -0.2) is 22.8 Å². The number of hydrogen-bond donors (Lipinski definition) is 1. The number of nitrogens with two attached hydrogens (primary N) is 1. The molecule has 32 heavy (non-hydrogen) atoms. The number of aryl methyl sites for hydroxylation is 1. The highest BCUT2D eigenvalue weighted by Gasteiger charge is 2.24. The fourth-order valence-electron chi connectivity index (χ4n) is 3.76. The smallest absolute Gasteiger partial charge is 0.185 e. The van der Waals surface area contributed by atoms with Crippen LogP contribution in [0.15, 0.2) is 47.8 Å². The Morgan fingerprint density at radius 3 is 2.69 bits per heavy atom. The summed E-state index contributed by atoms with van der Waals surface area (Å²) in [7, 11) is -0.854. The molecule has 2 aromatic heterocycles. The van der Waals surface area contributed by atoms with Crippen molar-refractivity contribution in [1.29, 1.82) is 0 Å². The van der Waals surface area contributed by atoms with Gasteiger partial charge in [0.2, 0.25) is 0 Å². The number of nitrogens with zero attached hydrogens (tertiary/aromatic N) is 3. The van der Waals surface area contributed by atoms with E-state index >= 15 is 0 Å². The summed E-state index contributed by atoms with van der Waals surface area (Å²) in [6.07, 6.45) is 3.27. The lowest BCUT2D eigenvalue weighted by atomic mass is 9.97. The van der Waals surface area contributed by atoms with Gasteiger partial charge in [0.05, 0.1) is 23.3 Å². The quantitative estimate of drug-likeness (QED) is 0.463. The third kappa shape index (κ3) is 3.67. The Balaban J connectivity index is 1.81. The van der Waals surface area contributed by atoms with E-state index in [1.165, 1.54) is 13.4 Å². The first kappa shape index (κ1) is 22.0. The summed E-state index contributed by atoms with van der Waals surface area (Å²) < 4.78 is 47.4. The van der Waals surface area contributed by atoms with Gasteiger partial charge in [0.25, 0.3) is 0 Å². The second-order valence-corrected chi connectivity index (χ2v) is 9.74. The number of aromatic nitrogens is 3. The number of halogens is 2. The van der Waals surface area contributed by atoms with Gasteiger partial charge in [0, 0.05) is 24.9 Å². The summed E-state index contributed by atoms with van der Waals surface area (Å²) in [6, 6.07) is 7.37. The number of hydrogen-bond acceptors (Lipinski definition) is 6. The van der Waals surface area contributed by atoms with Gasteiger partial charge in [-0.15, -0.1) is 0 Å². The molecule has 0 radical (unpaired) electrons. The molecule has 0 bridgehead atoms. The van der Waals surface area contributed by atoms with Crippen molar-refractivity contribution in [2.75, 3.05) is 12.8 Å². The van der Waals surface area contributed by atoms with Gasteiger partial charge in [0.1, 0.15) is 34.3 Å². The predicted molar refractivity (Wildman–Crippen MR) is 122 cm³/mol. The Kier molecular flexibility index (Phi) is 5.56. The average Bonchev–Trinajstić information content (AvgIpc) is 3.08. The Morgan fingerprint density at radius 2 is 1.97 bits per heavy atom. The molecule has 0 aliphatic carbocycles. The van der Waals surface area contributed by atoms with E-state index in [2.05, 4.69) is 9.97 Å². The molecule has 0 spiro atoms. The van der Waals surface area contributed by atoms with E-state index in [0.29, 0.717) is 22.4 Å². The van der Waals surface area contributed by atoms with E-state index in [1.54, 1.807) is 12.1 Å². The van der Waals surface area contributed by atoms with Gasteiger partial charge in [0.15, 0.2) is 9.84 Å². The van der Waals surface area contributed by atoms with Gasteiger partial charge < -0.3 is 15.0 Å². The zero-order valence-corrected chi connectivity index (χ0v) is 19.1. The van der Waals surface area contributed by atoms with Gasteiger partial charge in [-0.1, -0.05) is 29.8 Å². The Morgan fingerprint density at radius 1 is 1.22 bits per heavy atom. The lowest BCUT2D eigenvalue weighted by molar-refractivity contribution is 0.410. The number of sulfone groups is 1. The summed E-state index contributed by atoms with van der Waals surface area (Å²) in [4.78, 5) is 7.89. The van der Waals surface area contributed by atoms with Crippen molar-refractivity contribution < 1.29 is 17.5 Å². The van der Waals surface area contributed by atoms with Crippen molar-refractivity contribution in [3.63, 3.8) is 0 Å². The van der Waals surface area contributed by atoms with E-state index in [1.807, 2.05) is 30.8 Å². The van der Waals surface area contributed by atoms with Crippen LogP contribution in [-0.4, -0.2) is 30.1 Å². The average molecular weight is 475 g/mol. The minimum absolute atomic E-state index is 0.0178. The molecule has 2 heterocycles. The molecule has 0 unspecified atom stereocenters. The minimum Gasteiger partial charge on any atom is -0.495 e. The second kappa shape index (κ2) is 8.07. The number of rotatable bonds is 5. The van der Waals surface area contributed by atoms with Crippen molar-refractivity contribution in [1.82, 2.24) is 14.5 Å². The number of benzene rings is 2. The van der Waals surface area contributed by atoms with Crippen LogP contribution in [0.1, 0.15) is 11.1 Å². The molecule has 166 valence electrons. The lowest BCUT2D eigenvalue weighted by Gasteiger charge is -2.13. The summed E-state index contributed by atoms with van der Waals surface area (Å²) in [5.41, 5.74) is 9.61. The van der Waals surface area contributed by atoms with Crippen LogP contribution in [-0.2, 0) is 22.6 Å². The van der Waals surface area contributed by atoms with Gasteiger partial charge in [-0.3, -0.25) is 0 Å². The first-order chi connectivity index (χ1) is 15.1. The number of anilines is 1. The Bertz CT molecular complexity index is 1470. The van der Waals surface area contributed by atoms with E-state index in [-0.39, 0.29) is 10.8 Å². The van der Waals surface area contributed by atoms with Crippen LogP contribution in [0.5, 0.6) is 5.75 Å². The molecule has 0 atom stereocenters. The largest absolute Gasteiger partial charge is 0.495 e. The molecule has 4 aromatic rings. The second-order valence-electron chi connectivity index (χ2n) is 7.38. The van der Waals surface area contributed by atoms with Crippen LogP contribution < -0.4 is 10.5 Å². The van der Waals surface area contributed by atoms with E-state index in [0.717, 1.165) is 28.8 Å². The molecule has 0 fully saturated rings. The summed E-state index contributed by atoms with van der Waals surface area (Å²) in [6.45, 7) is 1.82. The fourth-order valence-corrected chi connectivity index (χ4v) is 5.59. The molecular weight excluding hydrogens is 455 g/mol. The zero-order chi connectivity index (χ0) is 23.2. The van der Waals surface area contributed by atoms with Crippen molar-refractivity contribution >= 4 is 38.3 Å². The topological polar surface area (TPSA) is 100 Å². The van der Waals surface area contributed by atoms with Crippen LogP contribution in [0.25, 0.3) is 22.2 Å². The SMILES string of the molecule is COc1cc(F)c(S(=O)(=O)Cc2cccc(-c3cn(C)c4ncnc(N)c34)c2C)cc1Cl. The lowest BCUT2D eigenvalue weighted by Crippen LogP contribution is -2.09. The van der Waals surface area contributed by atoms with E-state index in [4.69, 9.17) is 22.1 Å². The molecule has 0 saturated heterocycles. The van der Waals surface area contributed by atoms with Crippen LogP contribution in [0.2, 0.25) is 5.02 Å². The number of methoxy groups -OCH3 is 1. The molecular formula is C22H20ClFN4O3S. The molecule has 7 nitrogen and oxygen atoms in total. The highest BCUT2D eigenvalue weighted by molar-refractivity contribution is 7.90. The molecule has 2 aromatic carbocycles. The fraction of sp³-hybridized carbons (Fsp3) is 0.182. The Hall–Kier alpha value is -3.17. The molecule has 0 saturated carbocycles. The normalized spacial score (nSPS) is 11.8. The third-order valence-corrected chi connectivity index (χ3v) is 7.38. The molecule has 0 aliphatic heterocycles. The first-order valence-electron chi connectivity index (χ1n) is 9.54. The maximum Gasteiger partial charge on any atom is 0.185 e. The maximum absolute atomic E-state index is 14.5.